The largest absolute Gasteiger partial charge is 0.480 e. The SMILES string of the molecule is O=C(NCc1ccccc1)[C@H](CC(F)(F)F)Oc1ccc(F)c(C(F)(F)F)c1. The quantitative estimate of drug-likeness (QED) is 0.692. The van der Waals surface area contributed by atoms with Crippen LogP contribution >= 0.6 is 0 Å². The van der Waals surface area contributed by atoms with Crippen molar-refractivity contribution in [1.29, 1.82) is 0 Å². The molecule has 0 aliphatic rings. The van der Waals surface area contributed by atoms with Gasteiger partial charge in [0.05, 0.1) is 12.0 Å². The molecule has 10 heteroatoms. The molecule has 0 aromatic heterocycles. The van der Waals surface area contributed by atoms with Crippen molar-refractivity contribution in [1.82, 2.24) is 5.32 Å². The molecule has 0 fully saturated rings. The second-order valence-electron chi connectivity index (χ2n) is 5.77. The van der Waals surface area contributed by atoms with Crippen LogP contribution in [0.3, 0.4) is 0 Å². The van der Waals surface area contributed by atoms with Crippen molar-refractivity contribution in [2.75, 3.05) is 0 Å². The summed E-state index contributed by atoms with van der Waals surface area (Å²) >= 11 is 0. The highest BCUT2D eigenvalue weighted by Gasteiger charge is 2.38. The maximum Gasteiger partial charge on any atom is 0.419 e. The van der Waals surface area contributed by atoms with E-state index in [1.165, 1.54) is 0 Å². The van der Waals surface area contributed by atoms with Gasteiger partial charge in [0, 0.05) is 6.54 Å². The number of halogens is 7. The number of amides is 1. The van der Waals surface area contributed by atoms with Crippen molar-refractivity contribution >= 4 is 5.91 Å². The third-order valence-electron chi connectivity index (χ3n) is 3.54. The minimum atomic E-state index is -5.07. The van der Waals surface area contributed by atoms with Gasteiger partial charge in [-0.2, -0.15) is 26.3 Å². The average molecular weight is 409 g/mol. The number of hydrogen-bond donors (Lipinski definition) is 1. The Morgan fingerprint density at radius 2 is 1.64 bits per heavy atom. The van der Waals surface area contributed by atoms with Crippen molar-refractivity contribution in [2.45, 2.75) is 31.4 Å². The van der Waals surface area contributed by atoms with E-state index in [0.29, 0.717) is 11.6 Å². The fourth-order valence-corrected chi connectivity index (χ4v) is 2.26. The van der Waals surface area contributed by atoms with Crippen LogP contribution in [-0.4, -0.2) is 18.2 Å². The Hall–Kier alpha value is -2.78. The van der Waals surface area contributed by atoms with Crippen molar-refractivity contribution < 1.29 is 40.3 Å². The van der Waals surface area contributed by atoms with Gasteiger partial charge in [-0.05, 0) is 23.8 Å². The first-order valence-corrected chi connectivity index (χ1v) is 7.87. The molecule has 152 valence electrons. The molecule has 2 rings (SSSR count). The third-order valence-corrected chi connectivity index (χ3v) is 3.54. The highest BCUT2D eigenvalue weighted by Crippen LogP contribution is 2.34. The van der Waals surface area contributed by atoms with Crippen molar-refractivity contribution in [3.8, 4) is 5.75 Å². The number of alkyl halides is 6. The average Bonchev–Trinajstić information content (AvgIpc) is 2.59. The summed E-state index contributed by atoms with van der Waals surface area (Å²) in [7, 11) is 0. The first-order chi connectivity index (χ1) is 13.0. The van der Waals surface area contributed by atoms with Gasteiger partial charge in [0.2, 0.25) is 0 Å². The van der Waals surface area contributed by atoms with Gasteiger partial charge in [0.15, 0.2) is 6.10 Å². The highest BCUT2D eigenvalue weighted by molar-refractivity contribution is 5.81. The molecular weight excluding hydrogens is 395 g/mol. The van der Waals surface area contributed by atoms with E-state index in [2.05, 4.69) is 5.32 Å². The van der Waals surface area contributed by atoms with Crippen LogP contribution in [0, 0.1) is 5.82 Å². The molecule has 0 aliphatic carbocycles. The Balaban J connectivity index is 2.18. The van der Waals surface area contributed by atoms with E-state index < -0.39 is 47.9 Å². The molecule has 1 atom stereocenters. The number of benzene rings is 2. The Bertz CT molecular complexity index is 804. The summed E-state index contributed by atoms with van der Waals surface area (Å²) in [6, 6.07) is 9.59. The zero-order chi connectivity index (χ0) is 20.9. The van der Waals surface area contributed by atoms with Gasteiger partial charge < -0.3 is 10.1 Å². The summed E-state index contributed by atoms with van der Waals surface area (Å²) < 4.78 is 94.7. The summed E-state index contributed by atoms with van der Waals surface area (Å²) in [6.45, 7) is -0.103. The molecule has 0 aliphatic heterocycles. The zero-order valence-electron chi connectivity index (χ0n) is 14.1. The summed E-state index contributed by atoms with van der Waals surface area (Å²) in [5.41, 5.74) is -1.11. The Morgan fingerprint density at radius 1 is 1.00 bits per heavy atom. The molecule has 0 saturated carbocycles. The smallest absolute Gasteiger partial charge is 0.419 e. The van der Waals surface area contributed by atoms with Crippen LogP contribution in [0.4, 0.5) is 30.7 Å². The number of carbonyl (C=O) groups excluding carboxylic acids is 1. The van der Waals surface area contributed by atoms with E-state index >= 15 is 0 Å². The minimum Gasteiger partial charge on any atom is -0.480 e. The van der Waals surface area contributed by atoms with Gasteiger partial charge in [0.1, 0.15) is 11.6 Å². The van der Waals surface area contributed by atoms with Gasteiger partial charge in [0.25, 0.3) is 5.91 Å². The number of nitrogens with one attached hydrogen (secondary N) is 1. The third kappa shape index (κ3) is 6.43. The summed E-state index contributed by atoms with van der Waals surface area (Å²) in [5, 5.41) is 2.24. The van der Waals surface area contributed by atoms with E-state index in [1.807, 2.05) is 0 Å². The van der Waals surface area contributed by atoms with Crippen LogP contribution in [0.1, 0.15) is 17.5 Å². The molecule has 0 saturated heterocycles. The summed E-state index contributed by atoms with van der Waals surface area (Å²) in [4.78, 5) is 12.1. The maximum atomic E-state index is 13.3. The lowest BCUT2D eigenvalue weighted by atomic mass is 10.1. The van der Waals surface area contributed by atoms with E-state index in [4.69, 9.17) is 4.74 Å². The highest BCUT2D eigenvalue weighted by atomic mass is 19.4. The standard InChI is InChI=1S/C18H14F7NO2/c19-14-7-6-12(8-13(14)18(23,24)25)28-15(9-17(20,21)22)16(27)26-10-11-4-2-1-3-5-11/h1-8,15H,9-10H2,(H,26,27)/t15-/m0/s1. The molecule has 2 aromatic carbocycles. The molecule has 0 unspecified atom stereocenters. The van der Waals surface area contributed by atoms with E-state index in [0.717, 1.165) is 6.07 Å². The number of ether oxygens (including phenoxy) is 1. The summed E-state index contributed by atoms with van der Waals surface area (Å²) in [6.07, 6.45) is -13.8. The second-order valence-corrected chi connectivity index (χ2v) is 5.77. The maximum absolute atomic E-state index is 13.3. The number of hydrogen-bond acceptors (Lipinski definition) is 2. The van der Waals surface area contributed by atoms with Crippen LogP contribution in [0.5, 0.6) is 5.75 Å². The molecule has 1 N–H and O–H groups in total. The molecule has 28 heavy (non-hydrogen) atoms. The van der Waals surface area contributed by atoms with Crippen LogP contribution in [0.25, 0.3) is 0 Å². The van der Waals surface area contributed by atoms with Gasteiger partial charge in [-0.25, -0.2) is 4.39 Å². The Kier molecular flexibility index (Phi) is 6.52. The van der Waals surface area contributed by atoms with Crippen LogP contribution in [0.2, 0.25) is 0 Å². The molecule has 3 nitrogen and oxygen atoms in total. The van der Waals surface area contributed by atoms with Crippen LogP contribution < -0.4 is 10.1 Å². The predicted molar refractivity (Wildman–Crippen MR) is 84.8 cm³/mol. The lowest BCUT2D eigenvalue weighted by Gasteiger charge is -2.21. The fourth-order valence-electron chi connectivity index (χ4n) is 2.26. The van der Waals surface area contributed by atoms with Gasteiger partial charge in [-0.15, -0.1) is 0 Å². The predicted octanol–water partition coefficient (Wildman–Crippen LogP) is 4.86. The number of rotatable bonds is 6. The first-order valence-electron chi connectivity index (χ1n) is 7.87. The van der Waals surface area contributed by atoms with E-state index in [-0.39, 0.29) is 12.6 Å². The first kappa shape index (κ1) is 21.5. The van der Waals surface area contributed by atoms with Crippen LogP contribution in [0.15, 0.2) is 48.5 Å². The normalized spacial score (nSPS) is 13.1. The van der Waals surface area contributed by atoms with Gasteiger partial charge >= 0.3 is 12.4 Å². The second kappa shape index (κ2) is 8.49. The topological polar surface area (TPSA) is 38.3 Å². The van der Waals surface area contributed by atoms with Crippen LogP contribution in [-0.2, 0) is 17.5 Å². The molecule has 0 bridgehead atoms. The molecule has 1 amide bonds. The van der Waals surface area contributed by atoms with Crippen molar-refractivity contribution in [3.63, 3.8) is 0 Å². The Morgan fingerprint density at radius 3 is 2.21 bits per heavy atom. The van der Waals surface area contributed by atoms with Gasteiger partial charge in [-0.1, -0.05) is 30.3 Å². The lowest BCUT2D eigenvalue weighted by molar-refractivity contribution is -0.160. The number of carbonyl (C=O) groups is 1. The zero-order valence-corrected chi connectivity index (χ0v) is 14.1. The monoisotopic (exact) mass is 409 g/mol. The van der Waals surface area contributed by atoms with Gasteiger partial charge in [-0.3, -0.25) is 4.79 Å². The minimum absolute atomic E-state index is 0.103. The fraction of sp³-hybridized carbons (Fsp3) is 0.278. The Labute approximate surface area is 155 Å². The van der Waals surface area contributed by atoms with Crippen molar-refractivity contribution in [2.24, 2.45) is 0 Å². The van der Waals surface area contributed by atoms with E-state index in [1.54, 1.807) is 30.3 Å². The molecule has 0 heterocycles. The molecule has 0 spiro atoms. The molecular formula is C18H14F7NO2. The van der Waals surface area contributed by atoms with Crippen molar-refractivity contribution in [3.05, 3.63) is 65.5 Å². The molecule has 0 radical (unpaired) electrons. The summed E-state index contributed by atoms with van der Waals surface area (Å²) in [5.74, 6) is -3.49. The molecule has 2 aromatic rings. The lowest BCUT2D eigenvalue weighted by Crippen LogP contribution is -2.41. The van der Waals surface area contributed by atoms with E-state index in [9.17, 15) is 35.5 Å².